The normalized spacial score (nSPS) is 11.9. The molecule has 0 unspecified atom stereocenters. The monoisotopic (exact) mass is 287 g/mol. The predicted octanol–water partition coefficient (Wildman–Crippen LogP) is 1.62. The number of rotatable bonds is 5. The molecule has 0 aliphatic rings. The summed E-state index contributed by atoms with van der Waals surface area (Å²) >= 11 is 1.50. The molecule has 0 aliphatic carbocycles. The van der Waals surface area contributed by atoms with Crippen LogP contribution in [0.15, 0.2) is 33.1 Å². The minimum absolute atomic E-state index is 0.180. The van der Waals surface area contributed by atoms with E-state index in [9.17, 15) is 8.42 Å². The van der Waals surface area contributed by atoms with Gasteiger partial charge >= 0.3 is 0 Å². The lowest BCUT2D eigenvalue weighted by atomic mass is 10.3. The largest absolute Gasteiger partial charge is 0.446 e. The molecule has 0 saturated heterocycles. The van der Waals surface area contributed by atoms with Gasteiger partial charge in [-0.3, -0.25) is 0 Å². The summed E-state index contributed by atoms with van der Waals surface area (Å²) in [6, 6.07) is 4.70. The summed E-state index contributed by atoms with van der Waals surface area (Å²) in [5.41, 5.74) is 1.05. The zero-order valence-electron chi connectivity index (χ0n) is 9.71. The second kappa shape index (κ2) is 5.23. The topological polar surface area (TPSA) is 79.5 Å². The second-order valence-corrected chi connectivity index (χ2v) is 6.43. The smallest absolute Gasteiger partial charge is 0.274 e. The van der Waals surface area contributed by atoms with Gasteiger partial charge < -0.3 is 9.52 Å². The maximum Gasteiger partial charge on any atom is 0.274 e. The lowest BCUT2D eigenvalue weighted by Crippen LogP contribution is -2.22. The van der Waals surface area contributed by atoms with Crippen molar-refractivity contribution in [3.8, 4) is 0 Å². The standard InChI is InChI=1S/C11H13NO4S2/c1-8-4-5-17-10(8)6-12-18(14,15)11-3-2-9(7-13)16-11/h2-5,12-13H,6-7H2,1H3. The van der Waals surface area contributed by atoms with Crippen LogP contribution in [-0.2, 0) is 23.2 Å². The Kier molecular flexibility index (Phi) is 3.86. The van der Waals surface area contributed by atoms with Crippen LogP contribution >= 0.6 is 11.3 Å². The number of thiophene rings is 1. The predicted molar refractivity (Wildman–Crippen MR) is 67.7 cm³/mol. The zero-order valence-corrected chi connectivity index (χ0v) is 11.3. The van der Waals surface area contributed by atoms with Crippen molar-refractivity contribution < 1.29 is 17.9 Å². The summed E-state index contributed by atoms with van der Waals surface area (Å²) in [4.78, 5) is 0.965. The van der Waals surface area contributed by atoms with Crippen molar-refractivity contribution in [2.75, 3.05) is 0 Å². The fraction of sp³-hybridized carbons (Fsp3) is 0.273. The Labute approximate surface area is 109 Å². The van der Waals surface area contributed by atoms with E-state index in [1.54, 1.807) is 0 Å². The Hall–Kier alpha value is -1.15. The average molecular weight is 287 g/mol. The van der Waals surface area contributed by atoms with E-state index in [4.69, 9.17) is 9.52 Å². The van der Waals surface area contributed by atoms with E-state index < -0.39 is 10.0 Å². The molecule has 5 nitrogen and oxygen atoms in total. The van der Waals surface area contributed by atoms with Crippen LogP contribution in [0.1, 0.15) is 16.2 Å². The summed E-state index contributed by atoms with van der Waals surface area (Å²) in [5, 5.41) is 10.6. The van der Waals surface area contributed by atoms with E-state index in [-0.39, 0.29) is 24.0 Å². The first-order valence-electron chi connectivity index (χ1n) is 5.25. The maximum absolute atomic E-state index is 11.9. The molecule has 2 aromatic rings. The highest BCUT2D eigenvalue weighted by atomic mass is 32.2. The van der Waals surface area contributed by atoms with Crippen molar-refractivity contribution in [1.29, 1.82) is 0 Å². The van der Waals surface area contributed by atoms with Crippen molar-refractivity contribution in [1.82, 2.24) is 4.72 Å². The van der Waals surface area contributed by atoms with Crippen LogP contribution in [0, 0.1) is 6.92 Å². The second-order valence-electron chi connectivity index (χ2n) is 3.73. The van der Waals surface area contributed by atoms with Gasteiger partial charge in [-0.2, -0.15) is 0 Å². The van der Waals surface area contributed by atoms with Crippen molar-refractivity contribution in [2.45, 2.75) is 25.2 Å². The SMILES string of the molecule is Cc1ccsc1CNS(=O)(=O)c1ccc(CO)o1. The van der Waals surface area contributed by atoms with Gasteiger partial charge in [-0.25, -0.2) is 13.1 Å². The van der Waals surface area contributed by atoms with Crippen LogP contribution in [0.5, 0.6) is 0 Å². The number of aliphatic hydroxyl groups is 1. The van der Waals surface area contributed by atoms with Gasteiger partial charge in [0.05, 0.1) is 0 Å². The molecule has 7 heteroatoms. The molecule has 2 N–H and O–H groups in total. The van der Waals surface area contributed by atoms with E-state index in [2.05, 4.69) is 4.72 Å². The first kappa shape index (κ1) is 13.3. The molecular formula is C11H13NO4S2. The number of furan rings is 1. The average Bonchev–Trinajstić information content (AvgIpc) is 2.95. The quantitative estimate of drug-likeness (QED) is 0.876. The first-order valence-corrected chi connectivity index (χ1v) is 7.61. The highest BCUT2D eigenvalue weighted by Crippen LogP contribution is 2.18. The Morgan fingerprint density at radius 2 is 2.17 bits per heavy atom. The summed E-state index contributed by atoms with van der Waals surface area (Å²) in [7, 11) is -3.66. The van der Waals surface area contributed by atoms with E-state index >= 15 is 0 Å². The van der Waals surface area contributed by atoms with Crippen molar-refractivity contribution in [2.24, 2.45) is 0 Å². The van der Waals surface area contributed by atoms with Crippen LogP contribution in [0.25, 0.3) is 0 Å². The van der Waals surface area contributed by atoms with Crippen molar-refractivity contribution in [3.63, 3.8) is 0 Å². The minimum Gasteiger partial charge on any atom is -0.446 e. The molecule has 0 aromatic carbocycles. The van der Waals surface area contributed by atoms with Gasteiger partial charge in [-0.05, 0) is 36.1 Å². The summed E-state index contributed by atoms with van der Waals surface area (Å²) < 4.78 is 31.2. The number of hydrogen-bond acceptors (Lipinski definition) is 5. The van der Waals surface area contributed by atoms with Gasteiger partial charge in [0.15, 0.2) is 0 Å². The Morgan fingerprint density at radius 1 is 1.39 bits per heavy atom. The number of aryl methyl sites for hydroxylation is 1. The number of sulfonamides is 1. The molecule has 2 heterocycles. The van der Waals surface area contributed by atoms with Crippen LogP contribution in [0.3, 0.4) is 0 Å². The molecule has 0 fully saturated rings. The molecule has 0 spiro atoms. The lowest BCUT2D eigenvalue weighted by molar-refractivity contribution is 0.236. The molecule has 0 saturated carbocycles. The Bertz CT molecular complexity index is 627. The summed E-state index contributed by atoms with van der Waals surface area (Å²) in [5.74, 6) is 0.225. The van der Waals surface area contributed by atoms with Crippen molar-refractivity contribution in [3.05, 3.63) is 39.8 Å². The van der Waals surface area contributed by atoms with Gasteiger partial charge in [0.1, 0.15) is 12.4 Å². The molecule has 2 rings (SSSR count). The van der Waals surface area contributed by atoms with Gasteiger partial charge in [0, 0.05) is 11.4 Å². The van der Waals surface area contributed by atoms with Crippen molar-refractivity contribution >= 4 is 21.4 Å². The minimum atomic E-state index is -3.66. The number of aliphatic hydroxyl groups excluding tert-OH is 1. The van der Waals surface area contributed by atoms with Gasteiger partial charge in [-0.15, -0.1) is 11.3 Å². The molecule has 0 aliphatic heterocycles. The van der Waals surface area contributed by atoms with E-state index in [0.717, 1.165) is 10.4 Å². The summed E-state index contributed by atoms with van der Waals surface area (Å²) in [6.07, 6.45) is 0. The van der Waals surface area contributed by atoms with Gasteiger partial charge in [0.2, 0.25) is 5.09 Å². The van der Waals surface area contributed by atoms with Gasteiger partial charge in [0.25, 0.3) is 10.0 Å². The molecular weight excluding hydrogens is 274 g/mol. The van der Waals surface area contributed by atoms with Crippen LogP contribution in [-0.4, -0.2) is 13.5 Å². The van der Waals surface area contributed by atoms with E-state index in [1.807, 2.05) is 18.4 Å². The van der Waals surface area contributed by atoms with Gasteiger partial charge in [-0.1, -0.05) is 0 Å². The van der Waals surface area contributed by atoms with Crippen LogP contribution in [0.4, 0.5) is 0 Å². The Morgan fingerprint density at radius 3 is 2.72 bits per heavy atom. The fourth-order valence-electron chi connectivity index (χ4n) is 1.40. The summed E-state index contributed by atoms with van der Waals surface area (Å²) in [6.45, 7) is 1.84. The third-order valence-electron chi connectivity index (χ3n) is 2.45. The highest BCUT2D eigenvalue weighted by Gasteiger charge is 2.18. The van der Waals surface area contributed by atoms with Crippen LogP contribution < -0.4 is 4.72 Å². The molecule has 2 aromatic heterocycles. The third-order valence-corrected chi connectivity index (χ3v) is 4.75. The van der Waals surface area contributed by atoms with E-state index in [1.165, 1.54) is 23.5 Å². The zero-order chi connectivity index (χ0) is 13.2. The molecule has 0 atom stereocenters. The molecule has 0 amide bonds. The first-order chi connectivity index (χ1) is 8.53. The third kappa shape index (κ3) is 2.81. The molecule has 0 radical (unpaired) electrons. The lowest BCUT2D eigenvalue weighted by Gasteiger charge is -2.03. The van der Waals surface area contributed by atoms with E-state index in [0.29, 0.717) is 0 Å². The fourth-order valence-corrected chi connectivity index (χ4v) is 3.28. The maximum atomic E-state index is 11.9. The highest BCUT2D eigenvalue weighted by molar-refractivity contribution is 7.89. The molecule has 98 valence electrons. The Balaban J connectivity index is 2.10. The molecule has 18 heavy (non-hydrogen) atoms. The molecule has 0 bridgehead atoms. The van der Waals surface area contributed by atoms with Crippen LogP contribution in [0.2, 0.25) is 0 Å². The number of nitrogens with one attached hydrogen (secondary N) is 1. The number of hydrogen-bond donors (Lipinski definition) is 2.